The van der Waals surface area contributed by atoms with Gasteiger partial charge in [0.25, 0.3) is 0 Å². The molecule has 0 aromatic carbocycles. The standard InChI is InChI=1S/C8H12F2O3/c1-2-7(13,5-3-4-5)8(9,10)6(11)12/h5,13H,2-4H2,1H3,(H,11,12). The van der Waals surface area contributed by atoms with Crippen LogP contribution >= 0.6 is 0 Å². The zero-order chi connectivity index (χ0) is 10.3. The fourth-order valence-corrected chi connectivity index (χ4v) is 1.51. The molecule has 1 aliphatic carbocycles. The van der Waals surface area contributed by atoms with Crippen LogP contribution in [0.5, 0.6) is 0 Å². The lowest BCUT2D eigenvalue weighted by atomic mass is 9.87. The van der Waals surface area contributed by atoms with Crippen LogP contribution in [0.3, 0.4) is 0 Å². The maximum Gasteiger partial charge on any atom is 0.377 e. The lowest BCUT2D eigenvalue weighted by molar-refractivity contribution is -0.215. The maximum absolute atomic E-state index is 13.0. The van der Waals surface area contributed by atoms with Crippen LogP contribution in [-0.4, -0.2) is 27.7 Å². The number of hydrogen-bond acceptors (Lipinski definition) is 2. The molecule has 1 saturated carbocycles. The van der Waals surface area contributed by atoms with Crippen LogP contribution in [0.15, 0.2) is 0 Å². The summed E-state index contributed by atoms with van der Waals surface area (Å²) >= 11 is 0. The van der Waals surface area contributed by atoms with Crippen LogP contribution < -0.4 is 0 Å². The van der Waals surface area contributed by atoms with E-state index in [1.807, 2.05) is 0 Å². The molecule has 13 heavy (non-hydrogen) atoms. The number of alkyl halides is 2. The monoisotopic (exact) mass is 194 g/mol. The smallest absolute Gasteiger partial charge is 0.377 e. The third-order valence-electron chi connectivity index (χ3n) is 2.60. The average Bonchev–Trinajstić information content (AvgIpc) is 2.84. The van der Waals surface area contributed by atoms with E-state index in [0.717, 1.165) is 0 Å². The Morgan fingerprint density at radius 2 is 2.00 bits per heavy atom. The highest BCUT2D eigenvalue weighted by Gasteiger charge is 2.63. The molecule has 0 bridgehead atoms. The van der Waals surface area contributed by atoms with Gasteiger partial charge in [-0.15, -0.1) is 0 Å². The Bertz CT molecular complexity index is 225. The van der Waals surface area contributed by atoms with Gasteiger partial charge in [-0.25, -0.2) is 4.79 Å². The van der Waals surface area contributed by atoms with Gasteiger partial charge in [0, 0.05) is 0 Å². The molecule has 1 unspecified atom stereocenters. The van der Waals surface area contributed by atoms with E-state index in [9.17, 15) is 18.7 Å². The zero-order valence-electron chi connectivity index (χ0n) is 7.26. The Balaban J connectivity index is 2.92. The largest absolute Gasteiger partial charge is 0.477 e. The van der Waals surface area contributed by atoms with Gasteiger partial charge in [0.2, 0.25) is 0 Å². The molecule has 0 heterocycles. The second-order valence-electron chi connectivity index (χ2n) is 3.43. The number of carboxylic acid groups (broad SMARTS) is 1. The molecule has 5 heteroatoms. The molecule has 1 atom stereocenters. The SMILES string of the molecule is CCC(O)(C1CC1)C(F)(F)C(=O)O. The summed E-state index contributed by atoms with van der Waals surface area (Å²) in [5, 5.41) is 17.8. The van der Waals surface area contributed by atoms with Crippen molar-refractivity contribution in [1.29, 1.82) is 0 Å². The van der Waals surface area contributed by atoms with Crippen molar-refractivity contribution < 1.29 is 23.8 Å². The topological polar surface area (TPSA) is 57.5 Å². The van der Waals surface area contributed by atoms with Crippen LogP contribution in [0, 0.1) is 5.92 Å². The number of halogens is 2. The maximum atomic E-state index is 13.0. The van der Waals surface area contributed by atoms with Crippen molar-refractivity contribution in [2.45, 2.75) is 37.7 Å². The van der Waals surface area contributed by atoms with Gasteiger partial charge < -0.3 is 10.2 Å². The Hall–Kier alpha value is -0.710. The van der Waals surface area contributed by atoms with Gasteiger partial charge in [-0.05, 0) is 25.2 Å². The van der Waals surface area contributed by atoms with Gasteiger partial charge in [-0.1, -0.05) is 6.92 Å². The first kappa shape index (κ1) is 10.4. The molecule has 0 amide bonds. The van der Waals surface area contributed by atoms with E-state index < -0.39 is 23.4 Å². The molecule has 0 saturated heterocycles. The molecular formula is C8H12F2O3. The number of carbonyl (C=O) groups is 1. The van der Waals surface area contributed by atoms with Crippen molar-refractivity contribution in [2.24, 2.45) is 5.92 Å². The molecule has 76 valence electrons. The minimum Gasteiger partial charge on any atom is -0.477 e. The molecule has 1 fully saturated rings. The Kier molecular flexibility index (Phi) is 2.32. The quantitative estimate of drug-likeness (QED) is 0.708. The van der Waals surface area contributed by atoms with Crippen molar-refractivity contribution >= 4 is 5.97 Å². The van der Waals surface area contributed by atoms with E-state index in [2.05, 4.69) is 0 Å². The van der Waals surface area contributed by atoms with E-state index in [0.29, 0.717) is 12.8 Å². The normalized spacial score (nSPS) is 22.5. The Morgan fingerprint density at radius 1 is 1.54 bits per heavy atom. The van der Waals surface area contributed by atoms with Gasteiger partial charge in [0.1, 0.15) is 5.60 Å². The van der Waals surface area contributed by atoms with E-state index in [1.165, 1.54) is 6.92 Å². The predicted octanol–water partition coefficient (Wildman–Crippen LogP) is 1.26. The molecule has 0 spiro atoms. The molecule has 0 radical (unpaired) electrons. The second kappa shape index (κ2) is 2.90. The minimum absolute atomic E-state index is 0.239. The summed E-state index contributed by atoms with van der Waals surface area (Å²) in [6, 6.07) is 0. The third kappa shape index (κ3) is 1.41. The highest BCUT2D eigenvalue weighted by molar-refractivity contribution is 5.77. The van der Waals surface area contributed by atoms with Crippen molar-refractivity contribution in [3.8, 4) is 0 Å². The number of aliphatic hydroxyl groups is 1. The number of hydrogen-bond donors (Lipinski definition) is 2. The summed E-state index contributed by atoms with van der Waals surface area (Å²) in [5.41, 5.74) is -2.36. The summed E-state index contributed by atoms with van der Waals surface area (Å²) in [4.78, 5) is 10.2. The first-order chi connectivity index (χ1) is 5.86. The van der Waals surface area contributed by atoms with E-state index >= 15 is 0 Å². The number of rotatable bonds is 4. The Labute approximate surface area is 74.4 Å². The van der Waals surface area contributed by atoms with Crippen molar-refractivity contribution in [2.75, 3.05) is 0 Å². The number of aliphatic carboxylic acids is 1. The molecule has 1 aliphatic rings. The van der Waals surface area contributed by atoms with Crippen LogP contribution in [0.4, 0.5) is 8.78 Å². The lowest BCUT2D eigenvalue weighted by Crippen LogP contribution is -2.54. The van der Waals surface area contributed by atoms with Crippen molar-refractivity contribution in [3.05, 3.63) is 0 Å². The lowest BCUT2D eigenvalue weighted by Gasteiger charge is -2.32. The third-order valence-corrected chi connectivity index (χ3v) is 2.60. The summed E-state index contributed by atoms with van der Waals surface area (Å²) in [5.74, 6) is -6.85. The molecule has 2 N–H and O–H groups in total. The summed E-state index contributed by atoms with van der Waals surface area (Å²) in [7, 11) is 0. The number of carboxylic acids is 1. The fourth-order valence-electron chi connectivity index (χ4n) is 1.51. The van der Waals surface area contributed by atoms with Gasteiger partial charge in [-0.3, -0.25) is 0 Å². The summed E-state index contributed by atoms with van der Waals surface area (Å²) in [6.07, 6.45) is 0.720. The predicted molar refractivity (Wildman–Crippen MR) is 40.5 cm³/mol. The van der Waals surface area contributed by atoms with E-state index in [-0.39, 0.29) is 6.42 Å². The molecule has 0 aliphatic heterocycles. The van der Waals surface area contributed by atoms with Gasteiger partial charge >= 0.3 is 11.9 Å². The molecule has 1 rings (SSSR count). The second-order valence-corrected chi connectivity index (χ2v) is 3.43. The molecule has 3 nitrogen and oxygen atoms in total. The van der Waals surface area contributed by atoms with E-state index in [4.69, 9.17) is 5.11 Å². The first-order valence-corrected chi connectivity index (χ1v) is 4.20. The molecule has 0 aromatic rings. The van der Waals surface area contributed by atoms with Gasteiger partial charge in [-0.2, -0.15) is 8.78 Å². The minimum atomic E-state index is -4.04. The van der Waals surface area contributed by atoms with Crippen LogP contribution in [0.25, 0.3) is 0 Å². The van der Waals surface area contributed by atoms with Crippen molar-refractivity contribution in [3.63, 3.8) is 0 Å². The van der Waals surface area contributed by atoms with E-state index in [1.54, 1.807) is 0 Å². The Morgan fingerprint density at radius 3 is 2.23 bits per heavy atom. The fraction of sp³-hybridized carbons (Fsp3) is 0.875. The van der Waals surface area contributed by atoms with Crippen LogP contribution in [0.2, 0.25) is 0 Å². The molecular weight excluding hydrogens is 182 g/mol. The van der Waals surface area contributed by atoms with Gasteiger partial charge in [0.05, 0.1) is 0 Å². The van der Waals surface area contributed by atoms with Crippen LogP contribution in [0.1, 0.15) is 26.2 Å². The summed E-state index contributed by atoms with van der Waals surface area (Å²) in [6.45, 7) is 1.37. The first-order valence-electron chi connectivity index (χ1n) is 4.20. The average molecular weight is 194 g/mol. The molecule has 0 aromatic heterocycles. The van der Waals surface area contributed by atoms with Gasteiger partial charge in [0.15, 0.2) is 0 Å². The highest BCUT2D eigenvalue weighted by Crippen LogP contribution is 2.49. The summed E-state index contributed by atoms with van der Waals surface area (Å²) < 4.78 is 26.1. The highest BCUT2D eigenvalue weighted by atomic mass is 19.3. The van der Waals surface area contributed by atoms with Crippen LogP contribution in [-0.2, 0) is 4.79 Å². The zero-order valence-corrected chi connectivity index (χ0v) is 7.26. The van der Waals surface area contributed by atoms with Crippen molar-refractivity contribution in [1.82, 2.24) is 0 Å².